The number of aliphatic carboxylic acids is 1. The molecule has 5 rings (SSSR count). The Labute approximate surface area is 203 Å². The Hall–Kier alpha value is -1.83. The number of nitrogens with one attached hydrogen (secondary N) is 3. The molecule has 4 bridgehead atoms. The normalized spacial score (nSPS) is 32.1. The van der Waals surface area contributed by atoms with E-state index in [2.05, 4.69) is 16.0 Å². The van der Waals surface area contributed by atoms with Crippen molar-refractivity contribution in [2.45, 2.75) is 114 Å². The van der Waals surface area contributed by atoms with Gasteiger partial charge in [-0.25, -0.2) is 9.59 Å². The number of carbonyl (C=O) groups is 3. The molecule has 3 amide bonds. The Morgan fingerprint density at radius 2 is 1.47 bits per heavy atom. The zero-order chi connectivity index (χ0) is 24.1. The van der Waals surface area contributed by atoms with Gasteiger partial charge >= 0.3 is 12.0 Å². The topological polar surface area (TPSA) is 134 Å². The molecule has 0 radical (unpaired) electrons. The second-order valence-electron chi connectivity index (χ2n) is 11.8. The van der Waals surface area contributed by atoms with Crippen LogP contribution >= 0.6 is 0 Å². The maximum Gasteiger partial charge on any atom is 0.326 e. The van der Waals surface area contributed by atoms with E-state index in [9.17, 15) is 19.5 Å². The third-order valence-electron chi connectivity index (χ3n) is 8.89. The first kappa shape index (κ1) is 25.3. The molecule has 0 aromatic rings. The molecule has 5 fully saturated rings. The molecule has 34 heavy (non-hydrogen) atoms. The molecule has 2 atom stereocenters. The molecule has 5 saturated carbocycles. The van der Waals surface area contributed by atoms with Crippen molar-refractivity contribution >= 4 is 17.9 Å². The van der Waals surface area contributed by atoms with Crippen LogP contribution in [0.4, 0.5) is 4.79 Å². The van der Waals surface area contributed by atoms with Crippen LogP contribution in [0.3, 0.4) is 0 Å². The lowest BCUT2D eigenvalue weighted by Crippen LogP contribution is -2.63. The van der Waals surface area contributed by atoms with Crippen LogP contribution in [0.2, 0.25) is 0 Å². The first-order chi connectivity index (χ1) is 16.4. The van der Waals surface area contributed by atoms with E-state index >= 15 is 0 Å². The lowest BCUT2D eigenvalue weighted by molar-refractivity contribution is -0.139. The lowest BCUT2D eigenvalue weighted by atomic mass is 9.53. The number of amides is 3. The highest BCUT2D eigenvalue weighted by molar-refractivity contribution is 5.89. The number of nitrogens with two attached hydrogens (primary N) is 1. The van der Waals surface area contributed by atoms with E-state index < -0.39 is 24.1 Å². The van der Waals surface area contributed by atoms with E-state index in [0.29, 0.717) is 38.1 Å². The fraction of sp³-hybridized carbons (Fsp3) is 0.885. The minimum atomic E-state index is -1.06. The lowest BCUT2D eigenvalue weighted by Gasteiger charge is -2.57. The quantitative estimate of drug-likeness (QED) is 0.292. The Bertz CT molecular complexity index is 701. The van der Waals surface area contributed by atoms with E-state index in [1.165, 1.54) is 38.5 Å². The Kier molecular flexibility index (Phi) is 8.38. The summed E-state index contributed by atoms with van der Waals surface area (Å²) in [6, 6.07) is -2.18. The summed E-state index contributed by atoms with van der Waals surface area (Å²) in [4.78, 5) is 38.0. The van der Waals surface area contributed by atoms with E-state index in [0.717, 1.165) is 49.9 Å². The highest BCUT2D eigenvalue weighted by Crippen LogP contribution is 2.55. The van der Waals surface area contributed by atoms with Crippen LogP contribution in [0.5, 0.6) is 0 Å². The molecule has 5 aliphatic rings. The van der Waals surface area contributed by atoms with Gasteiger partial charge in [0.2, 0.25) is 5.91 Å². The van der Waals surface area contributed by atoms with Crippen LogP contribution in [-0.2, 0) is 9.59 Å². The number of rotatable bonds is 11. The summed E-state index contributed by atoms with van der Waals surface area (Å²) in [5, 5.41) is 18.4. The Balaban J connectivity index is 1.39. The Morgan fingerprint density at radius 3 is 2.03 bits per heavy atom. The van der Waals surface area contributed by atoms with Crippen molar-refractivity contribution in [3.8, 4) is 0 Å². The standard InChI is InChI=1S/C26H44N4O4/c27-9-5-4-8-21(24(32)33)28-25(34)29-22(13-17-6-2-1-3-7-17)23(31)30-26-14-18-10-19(15-26)12-20(11-18)16-26/h17-22H,1-16,27H2,(H,30,31)(H,32,33)(H2,28,29,34)/t18?,19?,20?,21-,22+,26?/m0/s1. The fourth-order valence-corrected chi connectivity index (χ4v) is 7.71. The molecule has 0 spiro atoms. The smallest absolute Gasteiger partial charge is 0.326 e. The first-order valence-electron chi connectivity index (χ1n) is 13.7. The molecule has 192 valence electrons. The second kappa shape index (κ2) is 11.3. The van der Waals surface area contributed by atoms with Gasteiger partial charge in [0.25, 0.3) is 0 Å². The molecule has 8 heteroatoms. The van der Waals surface area contributed by atoms with E-state index in [1.807, 2.05) is 0 Å². The van der Waals surface area contributed by atoms with Gasteiger partial charge in [-0.05, 0) is 94.4 Å². The predicted octanol–water partition coefficient (Wildman–Crippen LogP) is 3.29. The zero-order valence-electron chi connectivity index (χ0n) is 20.5. The number of carbonyl (C=O) groups excluding carboxylic acids is 2. The molecule has 0 aromatic heterocycles. The van der Waals surface area contributed by atoms with Crippen molar-refractivity contribution in [1.82, 2.24) is 16.0 Å². The summed E-state index contributed by atoms with van der Waals surface area (Å²) in [6.07, 6.45) is 15.1. The summed E-state index contributed by atoms with van der Waals surface area (Å²) in [7, 11) is 0. The van der Waals surface area contributed by atoms with Crippen LogP contribution in [0.1, 0.15) is 96.3 Å². The minimum absolute atomic E-state index is 0.0855. The average molecular weight is 477 g/mol. The Morgan fingerprint density at radius 1 is 0.882 bits per heavy atom. The third-order valence-corrected chi connectivity index (χ3v) is 8.89. The molecule has 0 heterocycles. The van der Waals surface area contributed by atoms with Gasteiger partial charge in [-0.3, -0.25) is 4.79 Å². The van der Waals surface area contributed by atoms with Crippen LogP contribution in [0.25, 0.3) is 0 Å². The maximum absolute atomic E-state index is 13.6. The third kappa shape index (κ3) is 6.43. The maximum atomic E-state index is 13.6. The van der Waals surface area contributed by atoms with Crippen molar-refractivity contribution in [1.29, 1.82) is 0 Å². The van der Waals surface area contributed by atoms with Crippen molar-refractivity contribution in [3.63, 3.8) is 0 Å². The van der Waals surface area contributed by atoms with Gasteiger partial charge in [0, 0.05) is 5.54 Å². The number of carboxylic acid groups (broad SMARTS) is 1. The van der Waals surface area contributed by atoms with Crippen LogP contribution in [0.15, 0.2) is 0 Å². The molecular formula is C26H44N4O4. The average Bonchev–Trinajstić information content (AvgIpc) is 2.77. The number of carboxylic acids is 1. The van der Waals surface area contributed by atoms with Crippen molar-refractivity contribution in [2.24, 2.45) is 29.4 Å². The van der Waals surface area contributed by atoms with Gasteiger partial charge in [0.15, 0.2) is 0 Å². The fourth-order valence-electron chi connectivity index (χ4n) is 7.71. The summed E-state index contributed by atoms with van der Waals surface area (Å²) in [5.41, 5.74) is 5.40. The molecular weight excluding hydrogens is 432 g/mol. The summed E-state index contributed by atoms with van der Waals surface area (Å²) in [5.74, 6) is 1.45. The zero-order valence-corrected chi connectivity index (χ0v) is 20.5. The van der Waals surface area contributed by atoms with Gasteiger partial charge in [0.05, 0.1) is 0 Å². The van der Waals surface area contributed by atoms with Crippen molar-refractivity contribution in [2.75, 3.05) is 6.54 Å². The van der Waals surface area contributed by atoms with Crippen LogP contribution in [-0.4, -0.2) is 47.2 Å². The van der Waals surface area contributed by atoms with Crippen LogP contribution in [0, 0.1) is 23.7 Å². The summed E-state index contributed by atoms with van der Waals surface area (Å²) >= 11 is 0. The van der Waals surface area contributed by atoms with E-state index in [4.69, 9.17) is 5.73 Å². The van der Waals surface area contributed by atoms with Crippen LogP contribution < -0.4 is 21.7 Å². The number of hydrogen-bond donors (Lipinski definition) is 5. The second-order valence-corrected chi connectivity index (χ2v) is 11.8. The molecule has 0 aromatic carbocycles. The van der Waals surface area contributed by atoms with Gasteiger partial charge in [-0.1, -0.05) is 32.1 Å². The first-order valence-corrected chi connectivity index (χ1v) is 13.7. The van der Waals surface area contributed by atoms with E-state index in [-0.39, 0.29) is 11.4 Å². The molecule has 6 N–H and O–H groups in total. The monoisotopic (exact) mass is 476 g/mol. The van der Waals surface area contributed by atoms with E-state index in [1.54, 1.807) is 0 Å². The van der Waals surface area contributed by atoms with Gasteiger partial charge in [-0.2, -0.15) is 0 Å². The SMILES string of the molecule is NCCCC[C@H](NC(=O)N[C@H](CC1CCCCC1)C(=O)NC12CC3CC(CC(C3)C1)C2)C(=O)O. The molecule has 0 aliphatic heterocycles. The molecule has 0 saturated heterocycles. The number of urea groups is 1. The summed E-state index contributed by atoms with van der Waals surface area (Å²) < 4.78 is 0. The highest BCUT2D eigenvalue weighted by Gasteiger charge is 2.52. The summed E-state index contributed by atoms with van der Waals surface area (Å²) in [6.45, 7) is 0.493. The number of unbranched alkanes of at least 4 members (excludes halogenated alkanes) is 1. The van der Waals surface area contributed by atoms with Gasteiger partial charge in [-0.15, -0.1) is 0 Å². The van der Waals surface area contributed by atoms with Crippen molar-refractivity contribution < 1.29 is 19.5 Å². The number of hydrogen-bond acceptors (Lipinski definition) is 4. The highest BCUT2D eigenvalue weighted by atomic mass is 16.4. The largest absolute Gasteiger partial charge is 0.480 e. The molecule has 8 nitrogen and oxygen atoms in total. The van der Waals surface area contributed by atoms with Gasteiger partial charge in [0.1, 0.15) is 12.1 Å². The van der Waals surface area contributed by atoms with Gasteiger partial charge < -0.3 is 26.8 Å². The molecule has 5 aliphatic carbocycles. The molecule has 0 unspecified atom stereocenters. The minimum Gasteiger partial charge on any atom is -0.480 e. The predicted molar refractivity (Wildman–Crippen MR) is 130 cm³/mol. The van der Waals surface area contributed by atoms with Crippen molar-refractivity contribution in [3.05, 3.63) is 0 Å².